The standard InChI is InChI=1S/C26H21Cl2N3O3/c1-33-25-15-18(7-12-24(25)34-17-21-22(27)5-4-6-23(21)28)16-29-30-26(32)19-8-10-20(11-9-19)31-13-2-3-14-31/h2-16H,17H2,1H3,(H,30,32)/b29-16+. The quantitative estimate of drug-likeness (QED) is 0.237. The first kappa shape index (κ1) is 23.4. The molecular formula is C26H21Cl2N3O3. The minimum absolute atomic E-state index is 0.196. The van der Waals surface area contributed by atoms with E-state index in [-0.39, 0.29) is 12.5 Å². The summed E-state index contributed by atoms with van der Waals surface area (Å²) in [6.45, 7) is 0.196. The van der Waals surface area contributed by atoms with Crippen molar-refractivity contribution in [2.24, 2.45) is 5.10 Å². The Bertz CT molecular complexity index is 1280. The van der Waals surface area contributed by atoms with E-state index >= 15 is 0 Å². The fraction of sp³-hybridized carbons (Fsp3) is 0.0769. The van der Waals surface area contributed by atoms with Crippen LogP contribution in [-0.4, -0.2) is 23.8 Å². The third kappa shape index (κ3) is 5.60. The zero-order valence-corrected chi connectivity index (χ0v) is 19.8. The molecule has 0 fully saturated rings. The van der Waals surface area contributed by atoms with Gasteiger partial charge in [0.05, 0.1) is 13.3 Å². The van der Waals surface area contributed by atoms with Gasteiger partial charge in [-0.25, -0.2) is 5.43 Å². The molecule has 0 unspecified atom stereocenters. The van der Waals surface area contributed by atoms with Gasteiger partial charge < -0.3 is 14.0 Å². The maximum Gasteiger partial charge on any atom is 0.271 e. The number of benzene rings is 3. The molecule has 0 aliphatic rings. The van der Waals surface area contributed by atoms with Gasteiger partial charge in [-0.05, 0) is 72.3 Å². The van der Waals surface area contributed by atoms with E-state index in [0.717, 1.165) is 11.3 Å². The highest BCUT2D eigenvalue weighted by Gasteiger charge is 2.10. The summed E-state index contributed by atoms with van der Waals surface area (Å²) in [6, 6.07) is 21.7. The average molecular weight is 494 g/mol. The van der Waals surface area contributed by atoms with E-state index in [1.165, 1.54) is 6.21 Å². The van der Waals surface area contributed by atoms with E-state index < -0.39 is 0 Å². The van der Waals surface area contributed by atoms with Gasteiger partial charge in [0.25, 0.3) is 5.91 Å². The lowest BCUT2D eigenvalue weighted by Crippen LogP contribution is -2.17. The Balaban J connectivity index is 1.37. The summed E-state index contributed by atoms with van der Waals surface area (Å²) in [6.07, 6.45) is 5.41. The van der Waals surface area contributed by atoms with Crippen molar-refractivity contribution in [2.45, 2.75) is 6.61 Å². The smallest absolute Gasteiger partial charge is 0.271 e. The highest BCUT2D eigenvalue weighted by Crippen LogP contribution is 2.31. The summed E-state index contributed by atoms with van der Waals surface area (Å²) >= 11 is 12.4. The van der Waals surface area contributed by atoms with Crippen molar-refractivity contribution in [1.82, 2.24) is 9.99 Å². The number of hydrazone groups is 1. The van der Waals surface area contributed by atoms with Crippen LogP contribution in [0.4, 0.5) is 0 Å². The summed E-state index contributed by atoms with van der Waals surface area (Å²) in [4.78, 5) is 12.4. The van der Waals surface area contributed by atoms with Crippen LogP contribution < -0.4 is 14.9 Å². The largest absolute Gasteiger partial charge is 0.493 e. The first-order valence-corrected chi connectivity index (χ1v) is 11.1. The fourth-order valence-electron chi connectivity index (χ4n) is 3.23. The average Bonchev–Trinajstić information content (AvgIpc) is 3.39. The molecule has 0 aliphatic heterocycles. The Hall–Kier alpha value is -3.74. The number of hydrogen-bond acceptors (Lipinski definition) is 4. The van der Waals surface area contributed by atoms with Crippen LogP contribution in [0.2, 0.25) is 10.0 Å². The Morgan fingerprint density at radius 2 is 1.68 bits per heavy atom. The predicted octanol–water partition coefficient (Wildman–Crippen LogP) is 6.14. The number of aromatic nitrogens is 1. The number of carbonyl (C=O) groups is 1. The molecule has 0 saturated carbocycles. The van der Waals surface area contributed by atoms with Crippen molar-refractivity contribution < 1.29 is 14.3 Å². The third-order valence-corrected chi connectivity index (χ3v) is 5.74. The van der Waals surface area contributed by atoms with Crippen LogP contribution in [0.5, 0.6) is 11.5 Å². The number of rotatable bonds is 8. The second-order valence-electron chi connectivity index (χ2n) is 7.24. The van der Waals surface area contributed by atoms with E-state index in [2.05, 4.69) is 10.5 Å². The van der Waals surface area contributed by atoms with Gasteiger partial charge in [-0.2, -0.15) is 5.10 Å². The molecule has 3 aromatic carbocycles. The second kappa shape index (κ2) is 10.9. The molecule has 0 bridgehead atoms. The molecule has 1 aromatic heterocycles. The maximum atomic E-state index is 12.4. The summed E-state index contributed by atoms with van der Waals surface area (Å²) < 4.78 is 13.3. The topological polar surface area (TPSA) is 64.8 Å². The van der Waals surface area contributed by atoms with Crippen LogP contribution >= 0.6 is 23.2 Å². The zero-order valence-electron chi connectivity index (χ0n) is 18.2. The SMILES string of the molecule is COc1cc(/C=N/NC(=O)c2ccc(-n3cccc3)cc2)ccc1OCc1c(Cl)cccc1Cl. The minimum Gasteiger partial charge on any atom is -0.493 e. The van der Waals surface area contributed by atoms with Crippen LogP contribution in [-0.2, 0) is 6.61 Å². The molecule has 6 nitrogen and oxygen atoms in total. The molecular weight excluding hydrogens is 473 g/mol. The van der Waals surface area contributed by atoms with Crippen LogP contribution in [0.15, 0.2) is 90.3 Å². The van der Waals surface area contributed by atoms with Crippen molar-refractivity contribution >= 4 is 35.3 Å². The van der Waals surface area contributed by atoms with Crippen LogP contribution in [0, 0.1) is 0 Å². The van der Waals surface area contributed by atoms with Gasteiger partial charge in [-0.15, -0.1) is 0 Å². The molecule has 172 valence electrons. The highest BCUT2D eigenvalue weighted by atomic mass is 35.5. The van der Waals surface area contributed by atoms with Gasteiger partial charge >= 0.3 is 0 Å². The molecule has 34 heavy (non-hydrogen) atoms. The molecule has 1 N–H and O–H groups in total. The lowest BCUT2D eigenvalue weighted by atomic mass is 10.2. The number of nitrogens with zero attached hydrogens (tertiary/aromatic N) is 2. The maximum absolute atomic E-state index is 12.4. The molecule has 8 heteroatoms. The van der Waals surface area contributed by atoms with Crippen molar-refractivity contribution in [1.29, 1.82) is 0 Å². The molecule has 0 aliphatic carbocycles. The van der Waals surface area contributed by atoms with Crippen LogP contribution in [0.25, 0.3) is 5.69 Å². The first-order chi connectivity index (χ1) is 16.5. The first-order valence-electron chi connectivity index (χ1n) is 10.4. The molecule has 1 amide bonds. The van der Waals surface area contributed by atoms with Gasteiger partial charge in [-0.1, -0.05) is 29.3 Å². The van der Waals surface area contributed by atoms with Crippen molar-refractivity contribution in [3.63, 3.8) is 0 Å². The molecule has 4 rings (SSSR count). The molecule has 0 saturated heterocycles. The van der Waals surface area contributed by atoms with Gasteiger partial charge in [-0.3, -0.25) is 4.79 Å². The van der Waals surface area contributed by atoms with Gasteiger partial charge in [0.2, 0.25) is 0 Å². The van der Waals surface area contributed by atoms with E-state index in [9.17, 15) is 4.79 Å². The molecule has 0 atom stereocenters. The van der Waals surface area contributed by atoms with Crippen LogP contribution in [0.3, 0.4) is 0 Å². The van der Waals surface area contributed by atoms with Crippen molar-refractivity contribution in [3.05, 3.63) is 112 Å². The Morgan fingerprint density at radius 1 is 0.971 bits per heavy atom. The normalized spacial score (nSPS) is 10.9. The number of ether oxygens (including phenoxy) is 2. The number of amides is 1. The van der Waals surface area contributed by atoms with Crippen LogP contribution in [0.1, 0.15) is 21.5 Å². The Morgan fingerprint density at radius 3 is 2.35 bits per heavy atom. The van der Waals surface area contributed by atoms with Crippen molar-refractivity contribution in [3.8, 4) is 17.2 Å². The van der Waals surface area contributed by atoms with Gasteiger partial charge in [0.15, 0.2) is 11.5 Å². The second-order valence-corrected chi connectivity index (χ2v) is 8.05. The summed E-state index contributed by atoms with van der Waals surface area (Å²) in [7, 11) is 1.55. The lowest BCUT2D eigenvalue weighted by molar-refractivity contribution is 0.0955. The van der Waals surface area contributed by atoms with Gasteiger partial charge in [0.1, 0.15) is 6.61 Å². The molecule has 1 heterocycles. The number of carbonyl (C=O) groups excluding carboxylic acids is 1. The number of methoxy groups -OCH3 is 1. The molecule has 0 spiro atoms. The zero-order chi connectivity index (χ0) is 23.9. The highest BCUT2D eigenvalue weighted by molar-refractivity contribution is 6.35. The van der Waals surface area contributed by atoms with E-state index in [1.807, 2.05) is 41.2 Å². The summed E-state index contributed by atoms with van der Waals surface area (Å²) in [5.41, 5.74) is 5.43. The Labute approximate surface area is 207 Å². The lowest BCUT2D eigenvalue weighted by Gasteiger charge is -2.13. The van der Waals surface area contributed by atoms with E-state index in [1.54, 1.807) is 55.6 Å². The molecule has 4 aromatic rings. The molecule has 0 radical (unpaired) electrons. The van der Waals surface area contributed by atoms with Crippen molar-refractivity contribution in [2.75, 3.05) is 7.11 Å². The summed E-state index contributed by atoms with van der Waals surface area (Å²) in [5.74, 6) is 0.736. The van der Waals surface area contributed by atoms with E-state index in [0.29, 0.717) is 32.7 Å². The third-order valence-electron chi connectivity index (χ3n) is 5.03. The monoisotopic (exact) mass is 493 g/mol. The fourth-order valence-corrected chi connectivity index (χ4v) is 3.73. The number of hydrogen-bond donors (Lipinski definition) is 1. The number of halogens is 2. The summed E-state index contributed by atoms with van der Waals surface area (Å²) in [5, 5.41) is 5.12. The van der Waals surface area contributed by atoms with Gasteiger partial charge in [0, 0.05) is 39.3 Å². The minimum atomic E-state index is -0.307. The Kier molecular flexibility index (Phi) is 7.52. The predicted molar refractivity (Wildman–Crippen MR) is 135 cm³/mol. The number of nitrogens with one attached hydrogen (secondary N) is 1. The van der Waals surface area contributed by atoms with E-state index in [4.69, 9.17) is 32.7 Å².